The van der Waals surface area contributed by atoms with Gasteiger partial charge in [-0.05, 0) is 30.3 Å². The first kappa shape index (κ1) is 12.6. The molecule has 0 bridgehead atoms. The van der Waals surface area contributed by atoms with Gasteiger partial charge in [0.1, 0.15) is 5.82 Å². The third kappa shape index (κ3) is 2.23. The van der Waals surface area contributed by atoms with Crippen molar-refractivity contribution in [2.75, 3.05) is 5.73 Å². The van der Waals surface area contributed by atoms with Gasteiger partial charge in [-0.3, -0.25) is 0 Å². The summed E-state index contributed by atoms with van der Waals surface area (Å²) >= 11 is 6.07. The molecule has 0 saturated carbocycles. The van der Waals surface area contributed by atoms with Gasteiger partial charge in [0.25, 0.3) is 5.89 Å². The standard InChI is InChI=1S/C14H9ClFN3O/c15-11-4-2-1-3-9(11)13-18-14(20-19-13)10-6-5-8(16)7-12(10)17/h1-7H,17H2. The zero-order chi connectivity index (χ0) is 14.1. The first-order chi connectivity index (χ1) is 9.65. The molecule has 2 aromatic carbocycles. The van der Waals surface area contributed by atoms with Crippen molar-refractivity contribution in [2.24, 2.45) is 0 Å². The van der Waals surface area contributed by atoms with Crippen molar-refractivity contribution in [3.63, 3.8) is 0 Å². The van der Waals surface area contributed by atoms with E-state index in [1.807, 2.05) is 12.1 Å². The van der Waals surface area contributed by atoms with E-state index in [0.29, 0.717) is 22.0 Å². The SMILES string of the molecule is Nc1cc(F)ccc1-c1nc(-c2ccccc2Cl)no1. The fourth-order valence-corrected chi connectivity index (χ4v) is 2.03. The molecule has 100 valence electrons. The molecule has 3 aromatic rings. The van der Waals surface area contributed by atoms with E-state index in [2.05, 4.69) is 10.1 Å². The zero-order valence-electron chi connectivity index (χ0n) is 10.2. The molecule has 0 saturated heterocycles. The van der Waals surface area contributed by atoms with Gasteiger partial charge >= 0.3 is 0 Å². The molecule has 6 heteroatoms. The number of nitrogen functional groups attached to an aromatic ring is 1. The van der Waals surface area contributed by atoms with E-state index < -0.39 is 5.82 Å². The average molecular weight is 290 g/mol. The summed E-state index contributed by atoms with van der Waals surface area (Å²) < 4.78 is 18.2. The van der Waals surface area contributed by atoms with Crippen LogP contribution >= 0.6 is 11.6 Å². The summed E-state index contributed by atoms with van der Waals surface area (Å²) in [4.78, 5) is 4.24. The molecule has 1 aromatic heterocycles. The van der Waals surface area contributed by atoms with Crippen LogP contribution in [0.3, 0.4) is 0 Å². The van der Waals surface area contributed by atoms with Crippen LogP contribution in [0.25, 0.3) is 22.8 Å². The highest BCUT2D eigenvalue weighted by Crippen LogP contribution is 2.29. The summed E-state index contributed by atoms with van der Waals surface area (Å²) in [6.45, 7) is 0. The van der Waals surface area contributed by atoms with Crippen molar-refractivity contribution in [3.05, 3.63) is 53.3 Å². The molecule has 2 N–H and O–H groups in total. The molecule has 1 heterocycles. The summed E-state index contributed by atoms with van der Waals surface area (Å²) in [5.41, 5.74) is 7.11. The van der Waals surface area contributed by atoms with E-state index >= 15 is 0 Å². The smallest absolute Gasteiger partial charge is 0.260 e. The van der Waals surface area contributed by atoms with Crippen LogP contribution in [0.4, 0.5) is 10.1 Å². The second kappa shape index (κ2) is 4.94. The van der Waals surface area contributed by atoms with Crippen molar-refractivity contribution in [3.8, 4) is 22.8 Å². The Hall–Kier alpha value is -2.40. The van der Waals surface area contributed by atoms with Crippen LogP contribution in [-0.4, -0.2) is 10.1 Å². The predicted octanol–water partition coefficient (Wildman–Crippen LogP) is 3.78. The van der Waals surface area contributed by atoms with Crippen molar-refractivity contribution in [1.82, 2.24) is 10.1 Å². The van der Waals surface area contributed by atoms with Crippen molar-refractivity contribution >= 4 is 17.3 Å². The van der Waals surface area contributed by atoms with Gasteiger partial charge in [0, 0.05) is 11.3 Å². The molecule has 0 radical (unpaired) electrons. The molecule has 0 amide bonds. The molecule has 0 spiro atoms. The third-order valence-electron chi connectivity index (χ3n) is 2.78. The average Bonchev–Trinajstić information content (AvgIpc) is 2.88. The zero-order valence-corrected chi connectivity index (χ0v) is 10.9. The largest absolute Gasteiger partial charge is 0.398 e. The topological polar surface area (TPSA) is 64.9 Å². The van der Waals surface area contributed by atoms with Gasteiger partial charge in [0.2, 0.25) is 5.82 Å². The van der Waals surface area contributed by atoms with Gasteiger partial charge < -0.3 is 10.3 Å². The lowest BCUT2D eigenvalue weighted by Crippen LogP contribution is -1.91. The maximum atomic E-state index is 13.0. The van der Waals surface area contributed by atoms with Gasteiger partial charge in [-0.2, -0.15) is 4.98 Å². The highest BCUT2D eigenvalue weighted by molar-refractivity contribution is 6.33. The minimum absolute atomic E-state index is 0.220. The van der Waals surface area contributed by atoms with Gasteiger partial charge in [-0.25, -0.2) is 4.39 Å². The van der Waals surface area contributed by atoms with Crippen molar-refractivity contribution in [2.45, 2.75) is 0 Å². The molecular weight excluding hydrogens is 281 g/mol. The molecule has 0 atom stereocenters. The number of nitrogens with two attached hydrogens (primary N) is 1. The molecule has 20 heavy (non-hydrogen) atoms. The normalized spacial score (nSPS) is 10.7. The number of hydrogen-bond acceptors (Lipinski definition) is 4. The number of benzene rings is 2. The minimum Gasteiger partial charge on any atom is -0.398 e. The lowest BCUT2D eigenvalue weighted by atomic mass is 10.1. The van der Waals surface area contributed by atoms with E-state index in [1.54, 1.807) is 12.1 Å². The molecule has 0 aliphatic heterocycles. The Balaban J connectivity index is 2.04. The Labute approximate surface area is 119 Å². The fourth-order valence-electron chi connectivity index (χ4n) is 1.81. The number of rotatable bonds is 2. The Bertz CT molecular complexity index is 773. The maximum absolute atomic E-state index is 13.0. The Morgan fingerprint density at radius 1 is 1.10 bits per heavy atom. The first-order valence-corrected chi connectivity index (χ1v) is 6.17. The van der Waals surface area contributed by atoms with Crippen LogP contribution in [-0.2, 0) is 0 Å². The van der Waals surface area contributed by atoms with E-state index in [0.717, 1.165) is 0 Å². The fraction of sp³-hybridized carbons (Fsp3) is 0. The van der Waals surface area contributed by atoms with Crippen LogP contribution in [0.2, 0.25) is 5.02 Å². The summed E-state index contributed by atoms with van der Waals surface area (Å²) in [6.07, 6.45) is 0. The van der Waals surface area contributed by atoms with Gasteiger partial charge in [-0.1, -0.05) is 28.9 Å². The summed E-state index contributed by atoms with van der Waals surface area (Å²) in [5.74, 6) is 0.156. The highest BCUT2D eigenvalue weighted by Gasteiger charge is 2.14. The van der Waals surface area contributed by atoms with E-state index in [1.165, 1.54) is 18.2 Å². The lowest BCUT2D eigenvalue weighted by molar-refractivity contribution is 0.432. The predicted molar refractivity (Wildman–Crippen MR) is 74.6 cm³/mol. The Morgan fingerprint density at radius 3 is 2.65 bits per heavy atom. The number of halogens is 2. The molecule has 3 rings (SSSR count). The van der Waals surface area contributed by atoms with Crippen molar-refractivity contribution in [1.29, 1.82) is 0 Å². The molecule has 0 aliphatic rings. The lowest BCUT2D eigenvalue weighted by Gasteiger charge is -1.99. The molecule has 0 fully saturated rings. The maximum Gasteiger partial charge on any atom is 0.260 e. The quantitative estimate of drug-likeness (QED) is 0.729. The summed E-state index contributed by atoms with van der Waals surface area (Å²) in [5, 5.41) is 4.39. The van der Waals surface area contributed by atoms with Gasteiger partial charge in [0.05, 0.1) is 10.6 Å². The van der Waals surface area contributed by atoms with E-state index in [-0.39, 0.29) is 11.6 Å². The molecule has 4 nitrogen and oxygen atoms in total. The van der Waals surface area contributed by atoms with Crippen LogP contribution in [0.1, 0.15) is 0 Å². The molecule has 0 unspecified atom stereocenters. The second-order valence-electron chi connectivity index (χ2n) is 4.13. The van der Waals surface area contributed by atoms with Gasteiger partial charge in [-0.15, -0.1) is 0 Å². The third-order valence-corrected chi connectivity index (χ3v) is 3.11. The number of aromatic nitrogens is 2. The molecule has 0 aliphatic carbocycles. The Morgan fingerprint density at radius 2 is 1.90 bits per heavy atom. The minimum atomic E-state index is -0.419. The monoisotopic (exact) mass is 289 g/mol. The van der Waals surface area contributed by atoms with Crippen LogP contribution < -0.4 is 5.73 Å². The van der Waals surface area contributed by atoms with Crippen LogP contribution in [0, 0.1) is 5.82 Å². The van der Waals surface area contributed by atoms with Crippen LogP contribution in [0.15, 0.2) is 47.0 Å². The summed E-state index contributed by atoms with van der Waals surface area (Å²) in [7, 11) is 0. The first-order valence-electron chi connectivity index (χ1n) is 5.79. The molecular formula is C14H9ClFN3O. The van der Waals surface area contributed by atoms with Crippen molar-refractivity contribution < 1.29 is 8.91 Å². The van der Waals surface area contributed by atoms with Crippen LogP contribution in [0.5, 0.6) is 0 Å². The summed E-state index contributed by atoms with van der Waals surface area (Å²) in [6, 6.07) is 11.1. The highest BCUT2D eigenvalue weighted by atomic mass is 35.5. The Kier molecular flexibility index (Phi) is 3.12. The second-order valence-corrected chi connectivity index (χ2v) is 4.54. The van der Waals surface area contributed by atoms with E-state index in [4.69, 9.17) is 21.9 Å². The number of nitrogens with zero attached hydrogens (tertiary/aromatic N) is 2. The number of anilines is 1. The number of hydrogen-bond donors (Lipinski definition) is 1. The van der Waals surface area contributed by atoms with E-state index in [9.17, 15) is 4.39 Å². The van der Waals surface area contributed by atoms with Gasteiger partial charge in [0.15, 0.2) is 0 Å².